The van der Waals surface area contributed by atoms with Crippen LogP contribution < -0.4 is 19.1 Å². The number of para-hydroxylation sites is 2. The van der Waals surface area contributed by atoms with Crippen LogP contribution in [-0.4, -0.2) is 58.5 Å². The van der Waals surface area contributed by atoms with Crippen molar-refractivity contribution in [3.8, 4) is 11.5 Å². The molecule has 2 amide bonds. The Labute approximate surface area is 234 Å². The molecule has 3 aromatic rings. The van der Waals surface area contributed by atoms with E-state index in [0.717, 1.165) is 9.87 Å². The Morgan fingerprint density at radius 3 is 2.23 bits per heavy atom. The van der Waals surface area contributed by atoms with E-state index >= 15 is 0 Å². The third kappa shape index (κ3) is 7.21. The van der Waals surface area contributed by atoms with E-state index in [-0.39, 0.29) is 23.7 Å². The van der Waals surface area contributed by atoms with Crippen molar-refractivity contribution in [1.29, 1.82) is 0 Å². The van der Waals surface area contributed by atoms with Gasteiger partial charge in [0.25, 0.3) is 10.0 Å². The Balaban J connectivity index is 2.07. The molecule has 208 valence electrons. The van der Waals surface area contributed by atoms with E-state index in [1.54, 1.807) is 69.5 Å². The lowest BCUT2D eigenvalue weighted by molar-refractivity contribution is -0.139. The number of likely N-dealkylation sites (N-methyl/N-ethyl adjacent to an activating group) is 1. The molecule has 0 aromatic heterocycles. The van der Waals surface area contributed by atoms with Crippen molar-refractivity contribution < 1.29 is 27.5 Å². The normalized spacial score (nSPS) is 11.8. The molecule has 0 radical (unpaired) electrons. The number of carbonyl (C=O) groups excluding carboxylic acids is 2. The number of nitrogens with zero attached hydrogens (tertiary/aromatic N) is 2. The Morgan fingerprint density at radius 2 is 1.64 bits per heavy atom. The minimum atomic E-state index is -4.24. The molecule has 3 aromatic carbocycles. The van der Waals surface area contributed by atoms with Gasteiger partial charge < -0.3 is 19.7 Å². The zero-order valence-electron chi connectivity index (χ0n) is 22.3. The average Bonchev–Trinajstić information content (AvgIpc) is 2.94. The van der Waals surface area contributed by atoms with Crippen molar-refractivity contribution >= 4 is 39.1 Å². The first-order valence-electron chi connectivity index (χ1n) is 12.3. The number of hydrogen-bond acceptors (Lipinski definition) is 6. The monoisotopic (exact) mass is 573 g/mol. The summed E-state index contributed by atoms with van der Waals surface area (Å²) in [6.45, 7) is 3.15. The summed E-state index contributed by atoms with van der Waals surface area (Å²) in [5.74, 6) is -0.0282. The quantitative estimate of drug-likeness (QED) is 0.350. The van der Waals surface area contributed by atoms with E-state index in [9.17, 15) is 18.0 Å². The van der Waals surface area contributed by atoms with Crippen molar-refractivity contribution in [2.75, 3.05) is 31.6 Å². The molecule has 3 rings (SSSR count). The van der Waals surface area contributed by atoms with E-state index in [1.807, 2.05) is 0 Å². The fourth-order valence-corrected chi connectivity index (χ4v) is 5.46. The molecule has 1 atom stereocenters. The van der Waals surface area contributed by atoms with Gasteiger partial charge in [0.05, 0.1) is 24.3 Å². The second-order valence-corrected chi connectivity index (χ2v) is 10.8. The molecule has 0 bridgehead atoms. The maximum Gasteiger partial charge on any atom is 0.264 e. The predicted octanol–water partition coefficient (Wildman–Crippen LogP) is 4.11. The Kier molecular flexibility index (Phi) is 10.2. The van der Waals surface area contributed by atoms with Crippen LogP contribution >= 0.6 is 11.6 Å². The van der Waals surface area contributed by atoms with Crippen LogP contribution in [-0.2, 0) is 26.2 Å². The van der Waals surface area contributed by atoms with Gasteiger partial charge in [-0.2, -0.15) is 0 Å². The van der Waals surface area contributed by atoms with E-state index in [4.69, 9.17) is 21.1 Å². The van der Waals surface area contributed by atoms with Gasteiger partial charge >= 0.3 is 0 Å². The van der Waals surface area contributed by atoms with E-state index in [2.05, 4.69) is 5.32 Å². The molecule has 0 fully saturated rings. The second kappa shape index (κ2) is 13.3. The molecule has 1 N–H and O–H groups in total. The second-order valence-electron chi connectivity index (χ2n) is 8.53. The summed E-state index contributed by atoms with van der Waals surface area (Å²) in [4.78, 5) is 27.8. The third-order valence-corrected chi connectivity index (χ3v) is 8.07. The number of hydrogen-bond donors (Lipinski definition) is 1. The number of amides is 2. The zero-order chi connectivity index (χ0) is 28.6. The molecule has 0 heterocycles. The molecule has 39 heavy (non-hydrogen) atoms. The van der Waals surface area contributed by atoms with Crippen LogP contribution in [0.2, 0.25) is 5.02 Å². The lowest BCUT2D eigenvalue weighted by Gasteiger charge is -2.32. The van der Waals surface area contributed by atoms with Crippen molar-refractivity contribution in [1.82, 2.24) is 10.2 Å². The number of benzene rings is 3. The Morgan fingerprint density at radius 1 is 1.00 bits per heavy atom. The number of sulfonamides is 1. The largest absolute Gasteiger partial charge is 0.497 e. The highest BCUT2D eigenvalue weighted by Crippen LogP contribution is 2.33. The summed E-state index contributed by atoms with van der Waals surface area (Å²) in [6, 6.07) is 18.4. The molecule has 0 aliphatic rings. The van der Waals surface area contributed by atoms with Gasteiger partial charge in [-0.15, -0.1) is 0 Å². The summed E-state index contributed by atoms with van der Waals surface area (Å²) < 4.78 is 39.7. The summed E-state index contributed by atoms with van der Waals surface area (Å²) in [5, 5.41) is 2.93. The molecule has 0 saturated carbocycles. The fourth-order valence-electron chi connectivity index (χ4n) is 3.91. The van der Waals surface area contributed by atoms with Crippen LogP contribution in [0.3, 0.4) is 0 Å². The maximum absolute atomic E-state index is 13.9. The van der Waals surface area contributed by atoms with Gasteiger partial charge in [0.1, 0.15) is 24.1 Å². The molecule has 9 nitrogen and oxygen atoms in total. The summed E-state index contributed by atoms with van der Waals surface area (Å²) in [6.07, 6.45) is 0. The highest BCUT2D eigenvalue weighted by molar-refractivity contribution is 7.92. The van der Waals surface area contributed by atoms with Crippen LogP contribution in [0, 0.1) is 0 Å². The molecule has 0 spiro atoms. The molecule has 0 aliphatic carbocycles. The van der Waals surface area contributed by atoms with Crippen molar-refractivity contribution in [3.63, 3.8) is 0 Å². The lowest BCUT2D eigenvalue weighted by atomic mass is 10.1. The standard InChI is InChI=1S/C28H32ClN3O6S/c1-5-38-26-9-7-6-8-25(26)32(39(35,36)24-16-12-22(29)13-17-24)19-27(33)31(20(2)28(34)30-3)18-21-10-14-23(37-4)15-11-21/h6-17,20H,5,18-19H2,1-4H3,(H,30,34)/t20-/m0/s1. The zero-order valence-corrected chi connectivity index (χ0v) is 23.8. The van der Waals surface area contributed by atoms with E-state index in [0.29, 0.717) is 16.5 Å². The Hall–Kier alpha value is -3.76. The molecular formula is C28H32ClN3O6S. The van der Waals surface area contributed by atoms with E-state index < -0.39 is 34.4 Å². The van der Waals surface area contributed by atoms with Crippen molar-refractivity contribution in [2.24, 2.45) is 0 Å². The van der Waals surface area contributed by atoms with Crippen LogP contribution in [0.1, 0.15) is 19.4 Å². The summed E-state index contributed by atoms with van der Waals surface area (Å²) >= 11 is 5.99. The number of anilines is 1. The molecule has 0 saturated heterocycles. The van der Waals surface area contributed by atoms with Gasteiger partial charge in [0.15, 0.2) is 0 Å². The number of carbonyl (C=O) groups is 2. The third-order valence-electron chi connectivity index (χ3n) is 6.04. The predicted molar refractivity (Wildman–Crippen MR) is 151 cm³/mol. The molecular weight excluding hydrogens is 542 g/mol. The Bertz CT molecular complexity index is 1380. The number of halogens is 1. The number of rotatable bonds is 12. The molecule has 0 aliphatic heterocycles. The topological polar surface area (TPSA) is 105 Å². The highest BCUT2D eigenvalue weighted by Gasteiger charge is 2.33. The van der Waals surface area contributed by atoms with Gasteiger partial charge in [-0.25, -0.2) is 8.42 Å². The minimum Gasteiger partial charge on any atom is -0.497 e. The number of nitrogens with one attached hydrogen (secondary N) is 1. The first-order valence-corrected chi connectivity index (χ1v) is 14.1. The minimum absolute atomic E-state index is 0.0490. The van der Waals surface area contributed by atoms with Gasteiger partial charge in [-0.1, -0.05) is 35.9 Å². The van der Waals surface area contributed by atoms with E-state index in [1.165, 1.54) is 36.2 Å². The molecule has 11 heteroatoms. The van der Waals surface area contributed by atoms with Crippen LogP contribution in [0.25, 0.3) is 0 Å². The van der Waals surface area contributed by atoms with Gasteiger partial charge in [-0.05, 0) is 67.9 Å². The summed E-state index contributed by atoms with van der Waals surface area (Å²) in [5.41, 5.74) is 0.932. The van der Waals surface area contributed by atoms with Gasteiger partial charge in [-0.3, -0.25) is 13.9 Å². The maximum atomic E-state index is 13.9. The van der Waals surface area contributed by atoms with Crippen molar-refractivity contribution in [3.05, 3.63) is 83.4 Å². The lowest BCUT2D eigenvalue weighted by Crippen LogP contribution is -2.50. The number of methoxy groups -OCH3 is 1. The number of ether oxygens (including phenoxy) is 2. The molecule has 0 unspecified atom stereocenters. The smallest absolute Gasteiger partial charge is 0.264 e. The van der Waals surface area contributed by atoms with Gasteiger partial charge in [0, 0.05) is 18.6 Å². The SMILES string of the molecule is CCOc1ccccc1N(CC(=O)N(Cc1ccc(OC)cc1)[C@@H](C)C(=O)NC)S(=O)(=O)c1ccc(Cl)cc1. The average molecular weight is 574 g/mol. The van der Waals surface area contributed by atoms with Gasteiger partial charge in [0.2, 0.25) is 11.8 Å². The summed E-state index contributed by atoms with van der Waals surface area (Å²) in [7, 11) is -1.22. The first kappa shape index (κ1) is 29.8. The first-order chi connectivity index (χ1) is 18.6. The van der Waals surface area contributed by atoms with Crippen LogP contribution in [0.15, 0.2) is 77.7 Å². The fraction of sp³-hybridized carbons (Fsp3) is 0.286. The van der Waals surface area contributed by atoms with Crippen LogP contribution in [0.4, 0.5) is 5.69 Å². The highest BCUT2D eigenvalue weighted by atomic mass is 35.5. The van der Waals surface area contributed by atoms with Crippen LogP contribution in [0.5, 0.6) is 11.5 Å². The van der Waals surface area contributed by atoms with Crippen molar-refractivity contribution in [2.45, 2.75) is 31.3 Å².